The van der Waals surface area contributed by atoms with Crippen LogP contribution in [0.2, 0.25) is 0 Å². The molecule has 3 aromatic carbocycles. The van der Waals surface area contributed by atoms with Crippen LogP contribution in [-0.4, -0.2) is 29.2 Å². The van der Waals surface area contributed by atoms with Gasteiger partial charge in [-0.15, -0.1) is 0 Å². The molecule has 1 N–H and O–H groups in total. The van der Waals surface area contributed by atoms with Crippen LogP contribution in [0.25, 0.3) is 0 Å². The second-order valence-corrected chi connectivity index (χ2v) is 7.79. The smallest absolute Gasteiger partial charge is 0.306 e. The lowest BCUT2D eigenvalue weighted by Crippen LogP contribution is -2.17. The van der Waals surface area contributed by atoms with Gasteiger partial charge in [-0.2, -0.15) is 0 Å². The highest BCUT2D eigenvalue weighted by atomic mass is 16.6. The van der Waals surface area contributed by atoms with Gasteiger partial charge in [-0.3, -0.25) is 24.5 Å². The number of carbonyl (C=O) groups is 3. The normalized spacial score (nSPS) is 10.3. The van der Waals surface area contributed by atoms with Gasteiger partial charge in [0.05, 0.1) is 11.3 Å². The molecule has 0 aliphatic carbocycles. The third kappa shape index (κ3) is 7.23. The quantitative estimate of drug-likeness (QED) is 0.186. The lowest BCUT2D eigenvalue weighted by molar-refractivity contribution is -0.384. The van der Waals surface area contributed by atoms with Crippen LogP contribution in [0.4, 0.5) is 11.4 Å². The predicted octanol–water partition coefficient (Wildman–Crippen LogP) is 5.15. The second-order valence-electron chi connectivity index (χ2n) is 7.79. The van der Waals surface area contributed by atoms with Crippen LogP contribution in [0.5, 0.6) is 11.5 Å². The molecular formula is C26H24N2O7. The van der Waals surface area contributed by atoms with Gasteiger partial charge in [0, 0.05) is 29.8 Å². The van der Waals surface area contributed by atoms with Gasteiger partial charge in [0.25, 0.3) is 5.69 Å². The van der Waals surface area contributed by atoms with Crippen molar-refractivity contribution in [2.24, 2.45) is 0 Å². The fourth-order valence-corrected chi connectivity index (χ4v) is 3.22. The number of hydrogen-bond donors (Lipinski definition) is 1. The molecule has 9 nitrogen and oxygen atoms in total. The standard InChI is InChI=1S/C26H24N2O7/c1-17-5-3-6-18(2)26(17)35-22-11-9-20(10-12-22)27-24(30)13-14-25(31)34-16-23(29)19-7-4-8-21(15-19)28(32)33/h3-12,15H,13-14,16H2,1-2H3,(H,27,30). The van der Waals surface area contributed by atoms with Crippen molar-refractivity contribution in [2.75, 3.05) is 11.9 Å². The Hall–Kier alpha value is -4.53. The second kappa shape index (κ2) is 11.6. The summed E-state index contributed by atoms with van der Waals surface area (Å²) in [5.74, 6) is -0.287. The van der Waals surface area contributed by atoms with E-state index in [4.69, 9.17) is 9.47 Å². The van der Waals surface area contributed by atoms with Gasteiger partial charge in [0.1, 0.15) is 11.5 Å². The lowest BCUT2D eigenvalue weighted by Gasteiger charge is -2.12. The number of aryl methyl sites for hydroxylation is 2. The SMILES string of the molecule is Cc1cccc(C)c1Oc1ccc(NC(=O)CCC(=O)OCC(=O)c2cccc([N+](=O)[O-])c2)cc1. The van der Waals surface area contributed by atoms with E-state index in [-0.39, 0.29) is 24.1 Å². The number of benzene rings is 3. The first kappa shape index (κ1) is 25.1. The summed E-state index contributed by atoms with van der Waals surface area (Å²) in [6.07, 6.45) is -0.355. The third-order valence-electron chi connectivity index (χ3n) is 5.07. The van der Waals surface area contributed by atoms with E-state index in [1.807, 2.05) is 32.0 Å². The Morgan fingerprint density at radius 1 is 0.914 bits per heavy atom. The molecule has 1 amide bonds. The molecule has 0 spiro atoms. The Labute approximate surface area is 201 Å². The summed E-state index contributed by atoms with van der Waals surface area (Å²) < 4.78 is 10.8. The minimum absolute atomic E-state index is 0.0646. The van der Waals surface area contributed by atoms with Crippen molar-refractivity contribution in [1.82, 2.24) is 0 Å². The molecular weight excluding hydrogens is 452 g/mol. The first-order chi connectivity index (χ1) is 16.7. The van der Waals surface area contributed by atoms with Gasteiger partial charge < -0.3 is 14.8 Å². The van der Waals surface area contributed by atoms with E-state index in [9.17, 15) is 24.5 Å². The summed E-state index contributed by atoms with van der Waals surface area (Å²) in [7, 11) is 0. The van der Waals surface area contributed by atoms with Crippen molar-refractivity contribution in [3.8, 4) is 11.5 Å². The summed E-state index contributed by atoms with van der Waals surface area (Å²) in [5.41, 5.74) is 2.40. The molecule has 3 aromatic rings. The van der Waals surface area contributed by atoms with Crippen LogP contribution < -0.4 is 10.1 Å². The summed E-state index contributed by atoms with van der Waals surface area (Å²) in [4.78, 5) is 46.3. The maximum absolute atomic E-state index is 12.2. The van der Waals surface area contributed by atoms with Gasteiger partial charge in [-0.05, 0) is 49.2 Å². The molecule has 0 unspecified atom stereocenters. The Balaban J connectivity index is 1.43. The zero-order valence-electron chi connectivity index (χ0n) is 19.3. The summed E-state index contributed by atoms with van der Waals surface area (Å²) in [6, 6.07) is 17.9. The number of nitrogens with zero attached hydrogens (tertiary/aromatic N) is 1. The molecule has 3 rings (SSSR count). The van der Waals surface area contributed by atoms with Gasteiger partial charge in [-0.25, -0.2) is 0 Å². The molecule has 0 fully saturated rings. The van der Waals surface area contributed by atoms with Crippen LogP contribution in [-0.2, 0) is 14.3 Å². The molecule has 0 saturated carbocycles. The van der Waals surface area contributed by atoms with Gasteiger partial charge in [0.15, 0.2) is 6.61 Å². The minimum Gasteiger partial charge on any atom is -0.457 e. The number of nitro groups is 1. The number of nitro benzene ring substituents is 1. The van der Waals surface area contributed by atoms with Crippen molar-refractivity contribution in [3.63, 3.8) is 0 Å². The molecule has 180 valence electrons. The van der Waals surface area contributed by atoms with Gasteiger partial charge >= 0.3 is 5.97 Å². The van der Waals surface area contributed by atoms with Crippen molar-refractivity contribution >= 4 is 29.0 Å². The molecule has 0 atom stereocenters. The molecule has 0 aliphatic heterocycles. The van der Waals surface area contributed by atoms with Crippen molar-refractivity contribution in [2.45, 2.75) is 26.7 Å². The fourth-order valence-electron chi connectivity index (χ4n) is 3.22. The highest BCUT2D eigenvalue weighted by Gasteiger charge is 2.15. The van der Waals surface area contributed by atoms with E-state index in [1.165, 1.54) is 18.2 Å². The molecule has 0 radical (unpaired) electrons. The number of ether oxygens (including phenoxy) is 2. The Morgan fingerprint density at radius 2 is 1.57 bits per heavy atom. The van der Waals surface area contributed by atoms with Crippen molar-refractivity contribution < 1.29 is 28.8 Å². The fraction of sp³-hybridized carbons (Fsp3) is 0.192. The Bertz CT molecular complexity index is 1230. The first-order valence-electron chi connectivity index (χ1n) is 10.8. The zero-order chi connectivity index (χ0) is 25.4. The van der Waals surface area contributed by atoms with E-state index < -0.39 is 29.2 Å². The molecule has 0 aliphatic rings. The van der Waals surface area contributed by atoms with Crippen LogP contribution in [0.1, 0.15) is 34.3 Å². The Morgan fingerprint density at radius 3 is 2.23 bits per heavy atom. The number of para-hydroxylation sites is 1. The lowest BCUT2D eigenvalue weighted by atomic mass is 10.1. The van der Waals surface area contributed by atoms with Gasteiger partial charge in [0.2, 0.25) is 11.7 Å². The van der Waals surface area contributed by atoms with E-state index in [1.54, 1.807) is 24.3 Å². The number of Topliss-reactive ketones (excluding diaryl/α,β-unsaturated/α-hetero) is 1. The number of hydrogen-bond acceptors (Lipinski definition) is 7. The van der Waals surface area contributed by atoms with Crippen LogP contribution in [0.3, 0.4) is 0 Å². The van der Waals surface area contributed by atoms with E-state index in [0.717, 1.165) is 22.9 Å². The topological polar surface area (TPSA) is 125 Å². The number of non-ortho nitro benzene ring substituents is 1. The third-order valence-corrected chi connectivity index (χ3v) is 5.07. The monoisotopic (exact) mass is 476 g/mol. The number of anilines is 1. The molecule has 35 heavy (non-hydrogen) atoms. The predicted molar refractivity (Wildman–Crippen MR) is 129 cm³/mol. The average molecular weight is 476 g/mol. The number of amides is 1. The van der Waals surface area contributed by atoms with Gasteiger partial charge in [-0.1, -0.05) is 30.3 Å². The van der Waals surface area contributed by atoms with E-state index >= 15 is 0 Å². The number of carbonyl (C=O) groups excluding carboxylic acids is 3. The van der Waals surface area contributed by atoms with E-state index in [2.05, 4.69) is 5.32 Å². The average Bonchev–Trinajstić information content (AvgIpc) is 2.84. The molecule has 0 aromatic heterocycles. The molecule has 0 bridgehead atoms. The minimum atomic E-state index is -0.726. The van der Waals surface area contributed by atoms with Crippen LogP contribution >= 0.6 is 0 Å². The molecule has 0 heterocycles. The van der Waals surface area contributed by atoms with Crippen LogP contribution in [0.15, 0.2) is 66.7 Å². The zero-order valence-corrected chi connectivity index (χ0v) is 19.3. The largest absolute Gasteiger partial charge is 0.457 e. The van der Waals surface area contributed by atoms with Crippen molar-refractivity contribution in [3.05, 3.63) is 93.5 Å². The highest BCUT2D eigenvalue weighted by Crippen LogP contribution is 2.29. The first-order valence-corrected chi connectivity index (χ1v) is 10.8. The Kier molecular flexibility index (Phi) is 8.29. The number of esters is 1. The maximum atomic E-state index is 12.2. The summed E-state index contributed by atoms with van der Waals surface area (Å²) in [6.45, 7) is 3.36. The number of nitrogens with one attached hydrogen (secondary N) is 1. The van der Waals surface area contributed by atoms with Crippen LogP contribution in [0, 0.1) is 24.0 Å². The molecule has 9 heteroatoms. The summed E-state index contributed by atoms with van der Waals surface area (Å²) in [5, 5.41) is 13.5. The maximum Gasteiger partial charge on any atom is 0.306 e. The molecule has 0 saturated heterocycles. The number of ketones is 1. The van der Waals surface area contributed by atoms with Crippen molar-refractivity contribution in [1.29, 1.82) is 0 Å². The highest BCUT2D eigenvalue weighted by molar-refractivity contribution is 5.98. The van der Waals surface area contributed by atoms with E-state index in [0.29, 0.717) is 11.4 Å². The summed E-state index contributed by atoms with van der Waals surface area (Å²) >= 11 is 0. The number of rotatable bonds is 10.